The van der Waals surface area contributed by atoms with E-state index in [2.05, 4.69) is 40.1 Å². The van der Waals surface area contributed by atoms with Crippen molar-refractivity contribution in [2.75, 3.05) is 0 Å². The van der Waals surface area contributed by atoms with Gasteiger partial charge in [0.15, 0.2) is 12.4 Å². The van der Waals surface area contributed by atoms with Gasteiger partial charge in [0.1, 0.15) is 0 Å². The third-order valence-electron chi connectivity index (χ3n) is 2.56. The number of benzene rings is 1. The van der Waals surface area contributed by atoms with Crippen LogP contribution in [0.5, 0.6) is 0 Å². The molecule has 0 radical (unpaired) electrons. The Labute approximate surface area is 87.8 Å². The maximum atomic E-state index is 3.27. The van der Waals surface area contributed by atoms with E-state index in [-0.39, 0.29) is 0 Å². The Morgan fingerprint density at radius 2 is 1.67 bits per heavy atom. The minimum absolute atomic E-state index is 1.17. The van der Waals surface area contributed by atoms with E-state index < -0.39 is 0 Å². The van der Waals surface area contributed by atoms with E-state index in [9.17, 15) is 0 Å². The highest BCUT2D eigenvalue weighted by molar-refractivity contribution is 5.86. The summed E-state index contributed by atoms with van der Waals surface area (Å²) >= 11 is 0. The largest absolute Gasteiger partial charge is 0.355 e. The first-order valence-corrected chi connectivity index (χ1v) is 4.98. The zero-order chi connectivity index (χ0) is 10.1. The lowest BCUT2D eigenvalue weighted by atomic mass is 10.2. The molecule has 3 rings (SSSR count). The van der Waals surface area contributed by atoms with Crippen LogP contribution in [0.4, 0.5) is 0 Å². The van der Waals surface area contributed by atoms with Crippen molar-refractivity contribution < 1.29 is 4.57 Å². The summed E-state index contributed by atoms with van der Waals surface area (Å²) in [5.41, 5.74) is 2.36. The van der Waals surface area contributed by atoms with Gasteiger partial charge in [-0.2, -0.15) is 4.57 Å². The van der Waals surface area contributed by atoms with Gasteiger partial charge in [-0.3, -0.25) is 0 Å². The van der Waals surface area contributed by atoms with Crippen molar-refractivity contribution in [2.24, 2.45) is 0 Å². The molecule has 0 saturated carbocycles. The predicted molar refractivity (Wildman–Crippen MR) is 59.8 cm³/mol. The van der Waals surface area contributed by atoms with Gasteiger partial charge >= 0.3 is 0 Å². The highest BCUT2D eigenvalue weighted by atomic mass is 15.0. The Bertz CT molecular complexity index is 582. The van der Waals surface area contributed by atoms with Crippen LogP contribution >= 0.6 is 0 Å². The summed E-state index contributed by atoms with van der Waals surface area (Å²) < 4.78 is 2.11. The molecule has 1 aromatic carbocycles. The average Bonchev–Trinajstić information content (AvgIpc) is 2.74. The lowest BCUT2D eigenvalue weighted by Crippen LogP contribution is -2.28. The SMILES string of the molecule is c1cc[n+](-c2c[nH]c3ccccc23)cc1. The van der Waals surface area contributed by atoms with E-state index in [0.717, 1.165) is 0 Å². The van der Waals surface area contributed by atoms with Crippen LogP contribution < -0.4 is 4.57 Å². The molecule has 2 heteroatoms. The molecule has 0 saturated heterocycles. The maximum absolute atomic E-state index is 3.27. The molecule has 0 atom stereocenters. The smallest absolute Gasteiger partial charge is 0.236 e. The molecule has 2 heterocycles. The fraction of sp³-hybridized carbons (Fsp3) is 0. The molecule has 0 amide bonds. The van der Waals surface area contributed by atoms with Crippen LogP contribution in [0.25, 0.3) is 16.6 Å². The van der Waals surface area contributed by atoms with Crippen molar-refractivity contribution in [3.63, 3.8) is 0 Å². The molecule has 0 aliphatic rings. The summed E-state index contributed by atoms with van der Waals surface area (Å²) in [6.07, 6.45) is 6.13. The Morgan fingerprint density at radius 3 is 2.53 bits per heavy atom. The number of nitrogens with one attached hydrogen (secondary N) is 1. The summed E-state index contributed by atoms with van der Waals surface area (Å²) in [5.74, 6) is 0. The molecule has 3 aromatic rings. The molecule has 2 nitrogen and oxygen atoms in total. The maximum Gasteiger partial charge on any atom is 0.236 e. The van der Waals surface area contributed by atoms with E-state index in [1.807, 2.05) is 30.5 Å². The first kappa shape index (κ1) is 8.24. The Morgan fingerprint density at radius 1 is 0.867 bits per heavy atom. The molecular formula is C13H11N2+. The number of aromatic amines is 1. The zero-order valence-electron chi connectivity index (χ0n) is 8.22. The van der Waals surface area contributed by atoms with Gasteiger partial charge in [0.05, 0.1) is 17.1 Å². The zero-order valence-corrected chi connectivity index (χ0v) is 8.22. The quantitative estimate of drug-likeness (QED) is 0.575. The van der Waals surface area contributed by atoms with Crippen LogP contribution in [0.3, 0.4) is 0 Å². The van der Waals surface area contributed by atoms with Crippen molar-refractivity contribution in [1.82, 2.24) is 4.98 Å². The summed E-state index contributed by atoms with van der Waals surface area (Å²) in [7, 11) is 0. The number of H-pyrrole nitrogens is 1. The van der Waals surface area contributed by atoms with Gasteiger partial charge in [-0.05, 0) is 12.1 Å². The monoisotopic (exact) mass is 195 g/mol. The van der Waals surface area contributed by atoms with Crippen LogP contribution in [-0.4, -0.2) is 4.98 Å². The van der Waals surface area contributed by atoms with Crippen LogP contribution in [0.1, 0.15) is 0 Å². The normalized spacial score (nSPS) is 10.7. The number of hydrogen-bond donors (Lipinski definition) is 1. The number of rotatable bonds is 1. The Hall–Kier alpha value is -2.09. The fourth-order valence-electron chi connectivity index (χ4n) is 1.83. The molecule has 0 spiro atoms. The molecule has 2 aromatic heterocycles. The standard InChI is InChI=1S/C13H11N2/c1-4-8-15(9-5-1)13-10-14-12-7-3-2-6-11(12)13/h1-10,14H/q+1. The molecule has 1 N–H and O–H groups in total. The first-order chi connectivity index (χ1) is 7.45. The van der Waals surface area contributed by atoms with Crippen molar-refractivity contribution in [1.29, 1.82) is 0 Å². The van der Waals surface area contributed by atoms with Crippen LogP contribution in [0.2, 0.25) is 0 Å². The molecule has 15 heavy (non-hydrogen) atoms. The third kappa shape index (κ3) is 1.31. The number of nitrogens with zero attached hydrogens (tertiary/aromatic N) is 1. The lowest BCUT2D eigenvalue weighted by Gasteiger charge is -1.91. The predicted octanol–water partition coefficient (Wildman–Crippen LogP) is 2.44. The van der Waals surface area contributed by atoms with Gasteiger partial charge in [-0.25, -0.2) is 0 Å². The van der Waals surface area contributed by atoms with Crippen molar-refractivity contribution in [2.45, 2.75) is 0 Å². The van der Waals surface area contributed by atoms with Crippen molar-refractivity contribution in [3.8, 4) is 5.69 Å². The van der Waals surface area contributed by atoms with Gasteiger partial charge < -0.3 is 4.98 Å². The molecule has 0 aliphatic heterocycles. The highest BCUT2D eigenvalue weighted by Gasteiger charge is 2.10. The Balaban J connectivity index is 2.28. The van der Waals surface area contributed by atoms with Crippen molar-refractivity contribution >= 4 is 10.9 Å². The van der Waals surface area contributed by atoms with E-state index in [1.165, 1.54) is 16.6 Å². The van der Waals surface area contributed by atoms with Gasteiger partial charge in [-0.15, -0.1) is 0 Å². The molecule has 0 unspecified atom stereocenters. The molecule has 72 valence electrons. The molecular weight excluding hydrogens is 184 g/mol. The Kier molecular flexibility index (Phi) is 1.78. The van der Waals surface area contributed by atoms with E-state index in [4.69, 9.17) is 0 Å². The van der Waals surface area contributed by atoms with E-state index in [1.54, 1.807) is 0 Å². The summed E-state index contributed by atoms with van der Waals surface area (Å²) in [6.45, 7) is 0. The number of aromatic nitrogens is 2. The minimum Gasteiger partial charge on any atom is -0.355 e. The van der Waals surface area contributed by atoms with Crippen LogP contribution in [0.15, 0.2) is 61.1 Å². The van der Waals surface area contributed by atoms with Crippen LogP contribution in [0, 0.1) is 0 Å². The topological polar surface area (TPSA) is 19.7 Å². The fourth-order valence-corrected chi connectivity index (χ4v) is 1.83. The summed E-state index contributed by atoms with van der Waals surface area (Å²) in [6, 6.07) is 14.4. The molecule has 0 bridgehead atoms. The molecule has 0 fully saturated rings. The first-order valence-electron chi connectivity index (χ1n) is 4.98. The van der Waals surface area contributed by atoms with Gasteiger partial charge in [-0.1, -0.05) is 18.2 Å². The second kappa shape index (κ2) is 3.24. The van der Waals surface area contributed by atoms with Crippen LogP contribution in [-0.2, 0) is 0 Å². The average molecular weight is 195 g/mol. The summed E-state index contributed by atoms with van der Waals surface area (Å²) in [4.78, 5) is 3.27. The number of fused-ring (bicyclic) bond motifs is 1. The van der Waals surface area contributed by atoms with Gasteiger partial charge in [0.2, 0.25) is 5.69 Å². The second-order valence-electron chi connectivity index (χ2n) is 3.50. The van der Waals surface area contributed by atoms with E-state index in [0.29, 0.717) is 0 Å². The third-order valence-corrected chi connectivity index (χ3v) is 2.56. The second-order valence-corrected chi connectivity index (χ2v) is 3.50. The minimum atomic E-state index is 1.17. The number of para-hydroxylation sites is 1. The van der Waals surface area contributed by atoms with Crippen molar-refractivity contribution in [3.05, 3.63) is 61.1 Å². The van der Waals surface area contributed by atoms with Gasteiger partial charge in [0, 0.05) is 12.1 Å². The number of pyridine rings is 1. The highest BCUT2D eigenvalue weighted by Crippen LogP contribution is 2.16. The van der Waals surface area contributed by atoms with Gasteiger partial charge in [0.25, 0.3) is 0 Å². The van der Waals surface area contributed by atoms with E-state index >= 15 is 0 Å². The summed E-state index contributed by atoms with van der Waals surface area (Å²) in [5, 5.41) is 1.24. The lowest BCUT2D eigenvalue weighted by molar-refractivity contribution is -0.594. The number of hydrogen-bond acceptors (Lipinski definition) is 0. The molecule has 0 aliphatic carbocycles.